The van der Waals surface area contributed by atoms with E-state index in [9.17, 15) is 0 Å². The van der Waals surface area contributed by atoms with Gasteiger partial charge in [0, 0.05) is 38.9 Å². The van der Waals surface area contributed by atoms with Crippen molar-refractivity contribution in [1.29, 1.82) is 0 Å². The third-order valence-corrected chi connectivity index (χ3v) is 3.76. The molecule has 1 fully saturated rings. The summed E-state index contributed by atoms with van der Waals surface area (Å²) in [5.41, 5.74) is 7.01. The zero-order valence-corrected chi connectivity index (χ0v) is 16.7. The Labute approximate surface area is 156 Å². The fourth-order valence-corrected chi connectivity index (χ4v) is 2.31. The fraction of sp³-hybridized carbons (Fsp3) is 0.625. The van der Waals surface area contributed by atoms with E-state index in [4.69, 9.17) is 5.73 Å². The molecule has 0 atom stereocenters. The summed E-state index contributed by atoms with van der Waals surface area (Å²) >= 11 is 0. The molecule has 3 N–H and O–H groups in total. The van der Waals surface area contributed by atoms with Crippen molar-refractivity contribution in [2.45, 2.75) is 20.4 Å². The number of nitrogens with two attached hydrogens (primary N) is 1. The number of anilines is 1. The largest absolute Gasteiger partial charge is 0.370 e. The number of nitrogens with zero attached hydrogens (tertiary/aromatic N) is 4. The van der Waals surface area contributed by atoms with Crippen molar-refractivity contribution >= 4 is 35.8 Å². The molecule has 23 heavy (non-hydrogen) atoms. The molecule has 0 amide bonds. The van der Waals surface area contributed by atoms with Gasteiger partial charge in [0.15, 0.2) is 5.96 Å². The molecule has 1 aromatic heterocycles. The van der Waals surface area contributed by atoms with Crippen LogP contribution < -0.4 is 16.0 Å². The fourth-order valence-electron chi connectivity index (χ4n) is 2.31. The lowest BCUT2D eigenvalue weighted by Crippen LogP contribution is -2.44. The van der Waals surface area contributed by atoms with Gasteiger partial charge in [-0.1, -0.05) is 13.8 Å². The Morgan fingerprint density at radius 2 is 2.04 bits per heavy atom. The minimum atomic E-state index is 0. The number of aromatic nitrogens is 1. The zero-order chi connectivity index (χ0) is 15.9. The van der Waals surface area contributed by atoms with Gasteiger partial charge in [-0.3, -0.25) is 0 Å². The number of piperazine rings is 1. The van der Waals surface area contributed by atoms with Crippen molar-refractivity contribution in [2.24, 2.45) is 16.6 Å². The van der Waals surface area contributed by atoms with E-state index in [2.05, 4.69) is 52.1 Å². The summed E-state index contributed by atoms with van der Waals surface area (Å²) in [6.07, 6.45) is 1.86. The van der Waals surface area contributed by atoms with E-state index in [1.165, 1.54) is 0 Å². The van der Waals surface area contributed by atoms with Gasteiger partial charge in [0.2, 0.25) is 0 Å². The summed E-state index contributed by atoms with van der Waals surface area (Å²) in [5, 5.41) is 3.13. The van der Waals surface area contributed by atoms with Crippen molar-refractivity contribution in [3.8, 4) is 0 Å². The van der Waals surface area contributed by atoms with E-state index in [1.807, 2.05) is 12.3 Å². The van der Waals surface area contributed by atoms with Crippen molar-refractivity contribution in [2.75, 3.05) is 44.7 Å². The van der Waals surface area contributed by atoms with Gasteiger partial charge >= 0.3 is 0 Å². The van der Waals surface area contributed by atoms with E-state index in [0.29, 0.717) is 18.4 Å². The highest BCUT2D eigenvalue weighted by Crippen LogP contribution is 2.15. The summed E-state index contributed by atoms with van der Waals surface area (Å²) in [5.74, 6) is 2.10. The molecule has 2 rings (SSSR count). The van der Waals surface area contributed by atoms with Gasteiger partial charge in [-0.15, -0.1) is 24.0 Å². The molecule has 0 aromatic carbocycles. The number of halogens is 1. The molecule has 0 saturated carbocycles. The molecule has 0 spiro atoms. The van der Waals surface area contributed by atoms with E-state index in [-0.39, 0.29) is 24.0 Å². The van der Waals surface area contributed by atoms with E-state index in [1.54, 1.807) is 0 Å². The molecular formula is C16H29IN6. The van der Waals surface area contributed by atoms with Crippen molar-refractivity contribution in [3.63, 3.8) is 0 Å². The number of likely N-dealkylation sites (N-methyl/N-ethyl adjacent to an activating group) is 1. The molecule has 130 valence electrons. The number of nitrogens with one attached hydrogen (secondary N) is 1. The molecule has 2 heterocycles. The van der Waals surface area contributed by atoms with Gasteiger partial charge in [0.1, 0.15) is 5.82 Å². The van der Waals surface area contributed by atoms with Crippen LogP contribution >= 0.6 is 24.0 Å². The van der Waals surface area contributed by atoms with Gasteiger partial charge in [-0.25, -0.2) is 9.98 Å². The van der Waals surface area contributed by atoms with Crippen LogP contribution in [0.15, 0.2) is 23.3 Å². The van der Waals surface area contributed by atoms with Crippen LogP contribution in [0.2, 0.25) is 0 Å². The summed E-state index contributed by atoms with van der Waals surface area (Å²) in [6, 6.07) is 4.11. The SMILES string of the molecule is CC(C)CNC(N)=NCc1ccnc(N2CCN(C)CC2)c1.I. The maximum absolute atomic E-state index is 5.87. The third-order valence-electron chi connectivity index (χ3n) is 3.76. The Balaban J connectivity index is 0.00000264. The van der Waals surface area contributed by atoms with Gasteiger partial charge in [0.25, 0.3) is 0 Å². The first-order valence-corrected chi connectivity index (χ1v) is 7.97. The van der Waals surface area contributed by atoms with Gasteiger partial charge in [-0.05, 0) is 30.7 Å². The van der Waals surface area contributed by atoms with Crippen LogP contribution in [-0.2, 0) is 6.54 Å². The monoisotopic (exact) mass is 432 g/mol. The second-order valence-electron chi connectivity index (χ2n) is 6.29. The van der Waals surface area contributed by atoms with Crippen LogP contribution in [0.4, 0.5) is 5.82 Å². The second kappa shape index (κ2) is 9.92. The number of rotatable bonds is 5. The molecule has 1 saturated heterocycles. The summed E-state index contributed by atoms with van der Waals surface area (Å²) in [4.78, 5) is 13.5. The van der Waals surface area contributed by atoms with Crippen LogP contribution in [0.25, 0.3) is 0 Å². The highest BCUT2D eigenvalue weighted by Gasteiger charge is 2.15. The van der Waals surface area contributed by atoms with Gasteiger partial charge in [-0.2, -0.15) is 0 Å². The minimum Gasteiger partial charge on any atom is -0.370 e. The van der Waals surface area contributed by atoms with Crippen molar-refractivity contribution in [1.82, 2.24) is 15.2 Å². The normalized spacial score (nSPS) is 16.3. The van der Waals surface area contributed by atoms with Gasteiger partial charge < -0.3 is 20.9 Å². The standard InChI is InChI=1S/C16H28N6.HI/c1-13(2)11-19-16(17)20-12-14-4-5-18-15(10-14)22-8-6-21(3)7-9-22;/h4-5,10,13H,6-9,11-12H2,1-3H3,(H3,17,19,20);1H. The predicted octanol–water partition coefficient (Wildman–Crippen LogP) is 1.51. The maximum Gasteiger partial charge on any atom is 0.188 e. The third kappa shape index (κ3) is 6.90. The summed E-state index contributed by atoms with van der Waals surface area (Å²) in [6.45, 7) is 9.92. The lowest BCUT2D eigenvalue weighted by Gasteiger charge is -2.33. The molecule has 0 radical (unpaired) electrons. The van der Waals surface area contributed by atoms with E-state index < -0.39 is 0 Å². The van der Waals surface area contributed by atoms with Crippen molar-refractivity contribution in [3.05, 3.63) is 23.9 Å². The molecular weight excluding hydrogens is 403 g/mol. The Morgan fingerprint density at radius 1 is 1.35 bits per heavy atom. The van der Waals surface area contributed by atoms with E-state index >= 15 is 0 Å². The molecule has 6 nitrogen and oxygen atoms in total. The summed E-state index contributed by atoms with van der Waals surface area (Å²) in [7, 11) is 2.16. The Morgan fingerprint density at radius 3 is 2.70 bits per heavy atom. The predicted molar refractivity (Wildman–Crippen MR) is 108 cm³/mol. The van der Waals surface area contributed by atoms with Crippen LogP contribution in [-0.4, -0.2) is 55.6 Å². The van der Waals surface area contributed by atoms with Crippen LogP contribution in [0.5, 0.6) is 0 Å². The maximum atomic E-state index is 5.87. The topological polar surface area (TPSA) is 69.8 Å². The van der Waals surface area contributed by atoms with Gasteiger partial charge in [0.05, 0.1) is 6.54 Å². The number of aliphatic imine (C=N–C) groups is 1. The molecule has 1 aliphatic heterocycles. The average molecular weight is 432 g/mol. The first-order chi connectivity index (χ1) is 10.5. The number of hydrogen-bond donors (Lipinski definition) is 2. The number of hydrogen-bond acceptors (Lipinski definition) is 4. The first-order valence-electron chi connectivity index (χ1n) is 7.97. The highest BCUT2D eigenvalue weighted by atomic mass is 127. The highest BCUT2D eigenvalue weighted by molar-refractivity contribution is 14.0. The Hall–Kier alpha value is -1.09. The van der Waals surface area contributed by atoms with Crippen LogP contribution in [0.1, 0.15) is 19.4 Å². The number of guanidine groups is 1. The molecule has 7 heteroatoms. The zero-order valence-electron chi connectivity index (χ0n) is 14.3. The van der Waals surface area contributed by atoms with Crippen molar-refractivity contribution < 1.29 is 0 Å². The molecule has 1 aromatic rings. The van der Waals surface area contributed by atoms with Crippen LogP contribution in [0.3, 0.4) is 0 Å². The molecule has 0 unspecified atom stereocenters. The lowest BCUT2D eigenvalue weighted by molar-refractivity contribution is 0.312. The lowest BCUT2D eigenvalue weighted by atomic mass is 10.2. The Kier molecular flexibility index (Phi) is 8.60. The molecule has 0 bridgehead atoms. The Bertz CT molecular complexity index is 497. The summed E-state index contributed by atoms with van der Waals surface area (Å²) < 4.78 is 0. The first kappa shape index (κ1) is 20.0. The molecule has 0 aliphatic carbocycles. The number of pyridine rings is 1. The smallest absolute Gasteiger partial charge is 0.188 e. The minimum absolute atomic E-state index is 0. The second-order valence-corrected chi connectivity index (χ2v) is 6.29. The quantitative estimate of drug-likeness (QED) is 0.420. The van der Waals surface area contributed by atoms with Crippen LogP contribution in [0, 0.1) is 5.92 Å². The van der Waals surface area contributed by atoms with E-state index in [0.717, 1.165) is 44.1 Å². The molecule has 1 aliphatic rings. The average Bonchev–Trinajstić information content (AvgIpc) is 2.52.